The molecule has 1 fully saturated rings. The van der Waals surface area contributed by atoms with Gasteiger partial charge in [-0.05, 0) is 61.4 Å². The number of nitrogens with zero attached hydrogens (tertiary/aromatic N) is 2. The minimum atomic E-state index is -0.229. The molecule has 28 heavy (non-hydrogen) atoms. The molecule has 2 aromatic carbocycles. The smallest absolute Gasteiger partial charge is 0.282 e. The summed E-state index contributed by atoms with van der Waals surface area (Å²) < 4.78 is 0. The Bertz CT molecular complexity index is 954. The molecule has 0 atom stereocenters. The second kappa shape index (κ2) is 7.27. The molecule has 4 heteroatoms. The van der Waals surface area contributed by atoms with Crippen LogP contribution >= 0.6 is 0 Å². The van der Waals surface area contributed by atoms with Crippen LogP contribution in [0, 0.1) is 19.8 Å². The van der Waals surface area contributed by atoms with E-state index in [0.29, 0.717) is 22.9 Å². The van der Waals surface area contributed by atoms with Crippen LogP contribution in [0.1, 0.15) is 36.5 Å². The maximum Gasteiger partial charge on any atom is 0.282 e. The van der Waals surface area contributed by atoms with Crippen LogP contribution in [0.4, 0.5) is 5.69 Å². The normalized spacial score (nSPS) is 18.4. The van der Waals surface area contributed by atoms with Crippen LogP contribution in [0.5, 0.6) is 0 Å². The zero-order valence-corrected chi connectivity index (χ0v) is 16.7. The Morgan fingerprint density at radius 3 is 2.18 bits per heavy atom. The summed E-state index contributed by atoms with van der Waals surface area (Å²) >= 11 is 0. The number of benzene rings is 2. The Hall–Kier alpha value is -2.88. The van der Waals surface area contributed by atoms with Gasteiger partial charge in [-0.25, -0.2) is 4.90 Å². The summed E-state index contributed by atoms with van der Waals surface area (Å²) in [6.45, 7) is 7.96. The molecule has 144 valence electrons. The molecular formula is C24H26N2O2. The highest BCUT2D eigenvalue weighted by atomic mass is 16.2. The highest BCUT2D eigenvalue weighted by Crippen LogP contribution is 2.36. The molecule has 0 aromatic heterocycles. The van der Waals surface area contributed by atoms with Crippen molar-refractivity contribution in [2.24, 2.45) is 5.92 Å². The standard InChI is InChI=1S/C24H26N2O2/c1-16-11-13-25(14-12-16)22-21(19-10-9-17(2)18(3)15-19)23(27)26(24(22)28)20-7-5-4-6-8-20/h4-10,15-16H,11-14H2,1-3H3. The lowest BCUT2D eigenvalue weighted by molar-refractivity contribution is -0.120. The molecule has 0 unspecified atom stereocenters. The van der Waals surface area contributed by atoms with Gasteiger partial charge >= 0.3 is 0 Å². The van der Waals surface area contributed by atoms with E-state index in [9.17, 15) is 9.59 Å². The van der Waals surface area contributed by atoms with Crippen LogP contribution < -0.4 is 4.90 Å². The van der Waals surface area contributed by atoms with E-state index < -0.39 is 0 Å². The highest BCUT2D eigenvalue weighted by molar-refractivity contribution is 6.45. The number of anilines is 1. The Balaban J connectivity index is 1.83. The molecule has 0 N–H and O–H groups in total. The van der Waals surface area contributed by atoms with Crippen LogP contribution in [-0.4, -0.2) is 29.8 Å². The predicted molar refractivity (Wildman–Crippen MR) is 112 cm³/mol. The van der Waals surface area contributed by atoms with Gasteiger partial charge in [0.2, 0.25) is 0 Å². The minimum Gasteiger partial charge on any atom is -0.366 e. The summed E-state index contributed by atoms with van der Waals surface area (Å²) in [5, 5.41) is 0. The predicted octanol–water partition coefficient (Wildman–Crippen LogP) is 4.32. The summed E-state index contributed by atoms with van der Waals surface area (Å²) in [6.07, 6.45) is 2.08. The number of piperidine rings is 1. The fourth-order valence-electron chi connectivity index (χ4n) is 4.01. The molecule has 2 aliphatic heterocycles. The van der Waals surface area contributed by atoms with Gasteiger partial charge in [0.25, 0.3) is 11.8 Å². The lowest BCUT2D eigenvalue weighted by atomic mass is 9.96. The summed E-state index contributed by atoms with van der Waals surface area (Å²) in [7, 11) is 0. The van der Waals surface area contributed by atoms with E-state index in [2.05, 4.69) is 18.7 Å². The van der Waals surface area contributed by atoms with Crippen molar-refractivity contribution in [3.63, 3.8) is 0 Å². The number of likely N-dealkylation sites (tertiary alicyclic amines) is 1. The highest BCUT2D eigenvalue weighted by Gasteiger charge is 2.42. The van der Waals surface area contributed by atoms with Crippen molar-refractivity contribution in [3.05, 3.63) is 70.9 Å². The first-order chi connectivity index (χ1) is 13.5. The van der Waals surface area contributed by atoms with E-state index in [1.165, 1.54) is 10.5 Å². The van der Waals surface area contributed by atoms with E-state index >= 15 is 0 Å². The Labute approximate surface area is 166 Å². The number of carbonyl (C=O) groups excluding carboxylic acids is 2. The number of aryl methyl sites for hydroxylation is 2. The van der Waals surface area contributed by atoms with Gasteiger partial charge in [-0.1, -0.05) is 43.3 Å². The average Bonchev–Trinajstić information content (AvgIpc) is 2.96. The van der Waals surface area contributed by atoms with Gasteiger partial charge in [-0.15, -0.1) is 0 Å². The number of carbonyl (C=O) groups is 2. The fraction of sp³-hybridized carbons (Fsp3) is 0.333. The van der Waals surface area contributed by atoms with Crippen molar-refractivity contribution < 1.29 is 9.59 Å². The van der Waals surface area contributed by atoms with Gasteiger partial charge in [0.1, 0.15) is 5.70 Å². The lowest BCUT2D eigenvalue weighted by Crippen LogP contribution is -2.38. The van der Waals surface area contributed by atoms with Gasteiger partial charge in [0.05, 0.1) is 11.3 Å². The molecule has 0 spiro atoms. The van der Waals surface area contributed by atoms with Crippen molar-refractivity contribution in [3.8, 4) is 0 Å². The first-order valence-electron chi connectivity index (χ1n) is 9.98. The van der Waals surface area contributed by atoms with Crippen LogP contribution in [0.3, 0.4) is 0 Å². The number of rotatable bonds is 3. The number of amides is 2. The monoisotopic (exact) mass is 374 g/mol. The topological polar surface area (TPSA) is 40.6 Å². The first kappa shape index (κ1) is 18.5. The first-order valence-corrected chi connectivity index (χ1v) is 9.98. The zero-order chi connectivity index (χ0) is 19.8. The molecule has 0 aliphatic carbocycles. The molecule has 4 nitrogen and oxygen atoms in total. The van der Waals surface area contributed by atoms with Gasteiger partial charge < -0.3 is 4.90 Å². The van der Waals surface area contributed by atoms with E-state index in [1.54, 1.807) is 0 Å². The molecular weight excluding hydrogens is 348 g/mol. The lowest BCUT2D eigenvalue weighted by Gasteiger charge is -2.32. The summed E-state index contributed by atoms with van der Waals surface area (Å²) in [6, 6.07) is 15.2. The van der Waals surface area contributed by atoms with E-state index in [0.717, 1.165) is 37.1 Å². The van der Waals surface area contributed by atoms with E-state index in [-0.39, 0.29) is 11.8 Å². The Kier molecular flexibility index (Phi) is 4.80. The van der Waals surface area contributed by atoms with Gasteiger partial charge in [-0.2, -0.15) is 0 Å². The molecule has 2 aliphatic rings. The molecule has 2 aromatic rings. The number of hydrogen-bond acceptors (Lipinski definition) is 3. The van der Waals surface area contributed by atoms with E-state index in [1.807, 2.05) is 55.5 Å². The number of imide groups is 1. The number of hydrogen-bond donors (Lipinski definition) is 0. The Morgan fingerprint density at radius 1 is 0.857 bits per heavy atom. The third kappa shape index (κ3) is 3.13. The van der Waals surface area contributed by atoms with Gasteiger partial charge in [-0.3, -0.25) is 9.59 Å². The van der Waals surface area contributed by atoms with Crippen LogP contribution in [0.2, 0.25) is 0 Å². The molecule has 2 amide bonds. The zero-order valence-electron chi connectivity index (χ0n) is 16.7. The van der Waals surface area contributed by atoms with E-state index in [4.69, 9.17) is 0 Å². The average molecular weight is 374 g/mol. The summed E-state index contributed by atoms with van der Waals surface area (Å²) in [5.41, 5.74) is 4.84. The third-order valence-corrected chi connectivity index (χ3v) is 5.97. The summed E-state index contributed by atoms with van der Waals surface area (Å²) in [4.78, 5) is 30.3. The summed E-state index contributed by atoms with van der Waals surface area (Å²) in [5.74, 6) is 0.214. The molecule has 2 heterocycles. The van der Waals surface area contributed by atoms with Crippen molar-refractivity contribution in [2.45, 2.75) is 33.6 Å². The maximum absolute atomic E-state index is 13.5. The SMILES string of the molecule is Cc1ccc(C2=C(N3CCC(C)CC3)C(=O)N(c3ccccc3)C2=O)cc1C. The quantitative estimate of drug-likeness (QED) is 0.751. The second-order valence-electron chi connectivity index (χ2n) is 7.97. The molecule has 0 saturated carbocycles. The fourth-order valence-corrected chi connectivity index (χ4v) is 4.01. The van der Waals surface area contributed by atoms with Crippen LogP contribution in [0.15, 0.2) is 54.2 Å². The van der Waals surface area contributed by atoms with Crippen molar-refractivity contribution >= 4 is 23.1 Å². The van der Waals surface area contributed by atoms with Gasteiger partial charge in [0, 0.05) is 13.1 Å². The Morgan fingerprint density at radius 2 is 1.54 bits per heavy atom. The van der Waals surface area contributed by atoms with Crippen molar-refractivity contribution in [1.82, 2.24) is 4.90 Å². The van der Waals surface area contributed by atoms with Crippen LogP contribution in [0.25, 0.3) is 5.57 Å². The largest absolute Gasteiger partial charge is 0.366 e. The van der Waals surface area contributed by atoms with Crippen molar-refractivity contribution in [1.29, 1.82) is 0 Å². The molecule has 0 radical (unpaired) electrons. The number of para-hydroxylation sites is 1. The molecule has 4 rings (SSSR count). The van der Waals surface area contributed by atoms with Crippen molar-refractivity contribution in [2.75, 3.05) is 18.0 Å². The minimum absolute atomic E-state index is 0.209. The molecule has 0 bridgehead atoms. The maximum atomic E-state index is 13.5. The van der Waals surface area contributed by atoms with Crippen LogP contribution in [-0.2, 0) is 9.59 Å². The third-order valence-electron chi connectivity index (χ3n) is 5.97. The molecule has 1 saturated heterocycles. The second-order valence-corrected chi connectivity index (χ2v) is 7.97. The van der Waals surface area contributed by atoms with Gasteiger partial charge in [0.15, 0.2) is 0 Å².